The van der Waals surface area contributed by atoms with Gasteiger partial charge in [0.25, 0.3) is 0 Å². The second kappa shape index (κ2) is 3.70. The molecular formula is C7H9ClN4OS. The first-order chi connectivity index (χ1) is 6.70. The summed E-state index contributed by atoms with van der Waals surface area (Å²) in [6.07, 6.45) is 1.70. The predicted octanol–water partition coefficient (Wildman–Crippen LogP) is 0.646. The van der Waals surface area contributed by atoms with E-state index in [4.69, 9.17) is 17.3 Å². The lowest BCUT2D eigenvalue weighted by atomic mass is 10.2. The van der Waals surface area contributed by atoms with E-state index in [1.54, 1.807) is 0 Å². The van der Waals surface area contributed by atoms with Crippen molar-refractivity contribution in [1.29, 1.82) is 0 Å². The van der Waals surface area contributed by atoms with Crippen molar-refractivity contribution in [3.63, 3.8) is 0 Å². The Morgan fingerprint density at radius 1 is 1.64 bits per heavy atom. The standard InChI is InChI=1S/C7H9ClN4OS/c8-5-7(11-14-10-5)12-3-1-2-4(12)6(9)13/h4H,1-3H2,(H2,9,13). The van der Waals surface area contributed by atoms with E-state index < -0.39 is 0 Å². The van der Waals surface area contributed by atoms with Gasteiger partial charge in [-0.3, -0.25) is 4.79 Å². The number of nitrogens with zero attached hydrogens (tertiary/aromatic N) is 3. The van der Waals surface area contributed by atoms with E-state index in [1.165, 1.54) is 0 Å². The number of halogens is 1. The Hall–Kier alpha value is -0.880. The first-order valence-corrected chi connectivity index (χ1v) is 5.35. The van der Waals surface area contributed by atoms with Crippen molar-refractivity contribution in [3.8, 4) is 0 Å². The van der Waals surface area contributed by atoms with Gasteiger partial charge in [-0.15, -0.1) is 0 Å². The molecule has 76 valence electrons. The number of primary amides is 1. The van der Waals surface area contributed by atoms with Crippen molar-refractivity contribution in [1.82, 2.24) is 8.75 Å². The van der Waals surface area contributed by atoms with Gasteiger partial charge in [0.05, 0.1) is 11.7 Å². The topological polar surface area (TPSA) is 72.1 Å². The maximum atomic E-state index is 11.1. The van der Waals surface area contributed by atoms with Crippen LogP contribution in [0.3, 0.4) is 0 Å². The number of nitrogens with two attached hydrogens (primary N) is 1. The van der Waals surface area contributed by atoms with Gasteiger partial charge in [-0.2, -0.15) is 8.75 Å². The lowest BCUT2D eigenvalue weighted by molar-refractivity contribution is -0.119. The summed E-state index contributed by atoms with van der Waals surface area (Å²) in [7, 11) is 0. The molecule has 0 radical (unpaired) electrons. The predicted molar refractivity (Wildman–Crippen MR) is 54.5 cm³/mol. The Morgan fingerprint density at radius 2 is 2.43 bits per heavy atom. The molecular weight excluding hydrogens is 224 g/mol. The molecule has 14 heavy (non-hydrogen) atoms. The number of carbonyl (C=O) groups excluding carboxylic acids is 1. The number of rotatable bonds is 2. The number of amides is 1. The third-order valence-electron chi connectivity index (χ3n) is 2.29. The molecule has 2 rings (SSSR count). The molecule has 1 saturated heterocycles. The zero-order chi connectivity index (χ0) is 10.1. The van der Waals surface area contributed by atoms with Gasteiger partial charge in [-0.05, 0) is 12.8 Å². The summed E-state index contributed by atoms with van der Waals surface area (Å²) in [5.74, 6) is 0.254. The van der Waals surface area contributed by atoms with Crippen LogP contribution in [0.15, 0.2) is 0 Å². The lowest BCUT2D eigenvalue weighted by Crippen LogP contribution is -2.40. The number of aromatic nitrogens is 2. The van der Waals surface area contributed by atoms with Crippen molar-refractivity contribution < 1.29 is 4.79 Å². The first kappa shape index (κ1) is 9.67. The van der Waals surface area contributed by atoms with Gasteiger partial charge >= 0.3 is 0 Å². The highest BCUT2D eigenvalue weighted by Crippen LogP contribution is 2.29. The summed E-state index contributed by atoms with van der Waals surface area (Å²) >= 11 is 6.87. The van der Waals surface area contributed by atoms with Crippen LogP contribution in [-0.2, 0) is 4.79 Å². The Morgan fingerprint density at radius 3 is 3.00 bits per heavy atom. The van der Waals surface area contributed by atoms with Gasteiger partial charge in [0.15, 0.2) is 11.0 Å². The highest BCUT2D eigenvalue weighted by molar-refractivity contribution is 6.99. The quantitative estimate of drug-likeness (QED) is 0.813. The highest BCUT2D eigenvalue weighted by Gasteiger charge is 2.32. The summed E-state index contributed by atoms with van der Waals surface area (Å²) < 4.78 is 7.90. The molecule has 5 nitrogen and oxygen atoms in total. The van der Waals surface area contributed by atoms with Crippen LogP contribution in [0.25, 0.3) is 0 Å². The van der Waals surface area contributed by atoms with Crippen molar-refractivity contribution in [3.05, 3.63) is 5.15 Å². The number of hydrogen-bond acceptors (Lipinski definition) is 5. The molecule has 1 unspecified atom stereocenters. The van der Waals surface area contributed by atoms with Crippen LogP contribution in [-0.4, -0.2) is 27.2 Å². The van der Waals surface area contributed by atoms with Crippen LogP contribution < -0.4 is 10.6 Å². The molecule has 1 aliphatic heterocycles. The minimum Gasteiger partial charge on any atom is -0.368 e. The Balaban J connectivity index is 2.26. The average Bonchev–Trinajstić information content (AvgIpc) is 2.70. The van der Waals surface area contributed by atoms with E-state index in [2.05, 4.69) is 8.75 Å². The van der Waals surface area contributed by atoms with Gasteiger partial charge in [0.2, 0.25) is 5.91 Å². The summed E-state index contributed by atoms with van der Waals surface area (Å²) in [5, 5.41) is 0.350. The second-order valence-corrected chi connectivity index (χ2v) is 4.02. The maximum absolute atomic E-state index is 11.1. The van der Waals surface area contributed by atoms with Crippen molar-refractivity contribution in [2.75, 3.05) is 11.4 Å². The monoisotopic (exact) mass is 232 g/mol. The molecule has 1 atom stereocenters. The van der Waals surface area contributed by atoms with Crippen LogP contribution in [0.5, 0.6) is 0 Å². The van der Waals surface area contributed by atoms with E-state index >= 15 is 0 Å². The van der Waals surface area contributed by atoms with Crippen LogP contribution in [0.1, 0.15) is 12.8 Å². The zero-order valence-electron chi connectivity index (χ0n) is 7.31. The fraction of sp³-hybridized carbons (Fsp3) is 0.571. The number of carbonyl (C=O) groups is 1. The number of anilines is 1. The molecule has 1 aliphatic rings. The van der Waals surface area contributed by atoms with E-state index in [0.717, 1.165) is 31.1 Å². The van der Waals surface area contributed by atoms with Crippen molar-refractivity contribution >= 4 is 35.1 Å². The zero-order valence-corrected chi connectivity index (χ0v) is 8.88. The molecule has 1 aromatic heterocycles. The van der Waals surface area contributed by atoms with Crippen LogP contribution >= 0.6 is 23.3 Å². The summed E-state index contributed by atoms with van der Waals surface area (Å²) in [6.45, 7) is 0.763. The first-order valence-electron chi connectivity index (χ1n) is 4.24. The summed E-state index contributed by atoms with van der Waals surface area (Å²) in [6, 6.07) is -0.281. The maximum Gasteiger partial charge on any atom is 0.240 e. The van der Waals surface area contributed by atoms with Crippen molar-refractivity contribution in [2.45, 2.75) is 18.9 Å². The minimum absolute atomic E-state index is 0.281. The fourth-order valence-electron chi connectivity index (χ4n) is 1.66. The van der Waals surface area contributed by atoms with Gasteiger partial charge in [0, 0.05) is 6.54 Å². The molecule has 1 amide bonds. The largest absolute Gasteiger partial charge is 0.368 e. The molecule has 1 aromatic rings. The molecule has 0 saturated carbocycles. The van der Waals surface area contributed by atoms with Crippen LogP contribution in [0.2, 0.25) is 5.15 Å². The van der Waals surface area contributed by atoms with E-state index in [0.29, 0.717) is 11.0 Å². The van der Waals surface area contributed by atoms with Gasteiger partial charge in [-0.1, -0.05) is 11.6 Å². The third kappa shape index (κ3) is 1.55. The molecule has 0 bridgehead atoms. The molecule has 0 aromatic carbocycles. The normalized spacial score (nSPS) is 21.5. The van der Waals surface area contributed by atoms with E-state index in [1.807, 2.05) is 4.90 Å². The van der Waals surface area contributed by atoms with E-state index in [-0.39, 0.29) is 11.9 Å². The lowest BCUT2D eigenvalue weighted by Gasteiger charge is -2.21. The molecule has 1 fully saturated rings. The minimum atomic E-state index is -0.327. The van der Waals surface area contributed by atoms with Crippen LogP contribution in [0.4, 0.5) is 5.82 Å². The number of hydrogen-bond donors (Lipinski definition) is 1. The SMILES string of the molecule is NC(=O)C1CCCN1c1nsnc1Cl. The van der Waals surface area contributed by atoms with Crippen LogP contribution in [0, 0.1) is 0 Å². The summed E-state index contributed by atoms with van der Waals surface area (Å²) in [4.78, 5) is 12.9. The smallest absolute Gasteiger partial charge is 0.240 e. The second-order valence-electron chi connectivity index (χ2n) is 3.13. The fourth-order valence-corrected chi connectivity index (χ4v) is 2.42. The van der Waals surface area contributed by atoms with Gasteiger partial charge in [-0.25, -0.2) is 0 Å². The van der Waals surface area contributed by atoms with Gasteiger partial charge < -0.3 is 10.6 Å². The average molecular weight is 233 g/mol. The Bertz CT molecular complexity index is 355. The summed E-state index contributed by atoms with van der Waals surface area (Å²) in [5.41, 5.74) is 5.28. The third-order valence-corrected chi connectivity index (χ3v) is 3.16. The van der Waals surface area contributed by atoms with Crippen molar-refractivity contribution in [2.24, 2.45) is 5.73 Å². The van der Waals surface area contributed by atoms with E-state index in [9.17, 15) is 4.79 Å². The molecule has 2 heterocycles. The Labute approximate surface area is 90.2 Å². The molecule has 0 aliphatic carbocycles. The van der Waals surface area contributed by atoms with Gasteiger partial charge in [0.1, 0.15) is 6.04 Å². The molecule has 0 spiro atoms. The Kier molecular flexibility index (Phi) is 2.56. The molecule has 7 heteroatoms. The molecule has 2 N–H and O–H groups in total. The highest BCUT2D eigenvalue weighted by atomic mass is 35.5.